The Kier molecular flexibility index (Phi) is 6.23. The topological polar surface area (TPSA) is 51.1 Å². The highest BCUT2D eigenvalue weighted by atomic mass is 79.9. The lowest BCUT2D eigenvalue weighted by atomic mass is 9.98. The molecular weight excluding hydrogens is 431 g/mol. The third-order valence-corrected chi connectivity index (χ3v) is 5.62. The Hall–Kier alpha value is -2.25. The number of carbonyl (C=O) groups is 1. The van der Waals surface area contributed by atoms with Crippen LogP contribution in [-0.2, 0) is 11.3 Å². The number of nitrogens with one attached hydrogen (secondary N) is 1. The van der Waals surface area contributed by atoms with Crippen LogP contribution in [0.5, 0.6) is 0 Å². The van der Waals surface area contributed by atoms with Crippen LogP contribution >= 0.6 is 27.3 Å². The van der Waals surface area contributed by atoms with E-state index in [9.17, 15) is 14.0 Å². The van der Waals surface area contributed by atoms with Crippen molar-refractivity contribution in [2.24, 2.45) is 0 Å². The summed E-state index contributed by atoms with van der Waals surface area (Å²) in [7, 11) is 0. The van der Waals surface area contributed by atoms with E-state index in [2.05, 4.69) is 21.2 Å². The van der Waals surface area contributed by atoms with Crippen LogP contribution in [0.1, 0.15) is 29.3 Å². The van der Waals surface area contributed by atoms with Crippen molar-refractivity contribution in [2.75, 3.05) is 0 Å². The minimum absolute atomic E-state index is 0.0844. The van der Waals surface area contributed by atoms with Crippen LogP contribution in [0.4, 0.5) is 4.39 Å². The highest BCUT2D eigenvalue weighted by Gasteiger charge is 2.20. The second-order valence-corrected chi connectivity index (χ2v) is 7.86. The largest absolute Gasteiger partial charge is 0.345 e. The quantitative estimate of drug-likeness (QED) is 0.606. The first kappa shape index (κ1) is 19.5. The Morgan fingerprint density at radius 2 is 2.00 bits per heavy atom. The van der Waals surface area contributed by atoms with E-state index >= 15 is 0 Å². The minimum Gasteiger partial charge on any atom is -0.345 e. The van der Waals surface area contributed by atoms with Crippen molar-refractivity contribution in [1.82, 2.24) is 9.88 Å². The molecule has 0 aliphatic rings. The number of halogens is 2. The SMILES string of the molecule is Cc1csc(=O)n1CCC(=O)NC(c1ccccc1)c1ccc(Br)cc1F. The summed E-state index contributed by atoms with van der Waals surface area (Å²) in [5, 5.41) is 4.67. The Morgan fingerprint density at radius 3 is 2.63 bits per heavy atom. The maximum absolute atomic E-state index is 14.5. The van der Waals surface area contributed by atoms with Gasteiger partial charge in [0.1, 0.15) is 5.82 Å². The molecule has 1 unspecified atom stereocenters. The van der Waals surface area contributed by atoms with E-state index in [4.69, 9.17) is 0 Å². The number of benzene rings is 2. The number of aryl methyl sites for hydroxylation is 1. The highest BCUT2D eigenvalue weighted by molar-refractivity contribution is 9.10. The van der Waals surface area contributed by atoms with Crippen molar-refractivity contribution in [2.45, 2.75) is 25.9 Å². The van der Waals surface area contributed by atoms with Gasteiger partial charge in [-0.25, -0.2) is 4.39 Å². The molecule has 1 N–H and O–H groups in total. The minimum atomic E-state index is -0.605. The fourth-order valence-electron chi connectivity index (χ4n) is 2.84. The molecule has 0 saturated carbocycles. The van der Waals surface area contributed by atoms with Crippen LogP contribution in [0, 0.1) is 12.7 Å². The van der Waals surface area contributed by atoms with Crippen LogP contribution < -0.4 is 10.2 Å². The van der Waals surface area contributed by atoms with E-state index in [1.54, 1.807) is 22.1 Å². The predicted octanol–water partition coefficient (Wildman–Crippen LogP) is 4.42. The first-order valence-electron chi connectivity index (χ1n) is 8.40. The monoisotopic (exact) mass is 448 g/mol. The Bertz CT molecular complexity index is 1000. The third-order valence-electron chi connectivity index (χ3n) is 4.25. The van der Waals surface area contributed by atoms with E-state index in [0.717, 1.165) is 22.6 Å². The van der Waals surface area contributed by atoms with Gasteiger partial charge in [0.15, 0.2) is 0 Å². The number of carbonyl (C=O) groups excluding carboxylic acids is 1. The van der Waals surface area contributed by atoms with Gasteiger partial charge in [0, 0.05) is 34.1 Å². The van der Waals surface area contributed by atoms with Gasteiger partial charge < -0.3 is 9.88 Å². The van der Waals surface area contributed by atoms with Gasteiger partial charge in [-0.2, -0.15) is 0 Å². The third kappa shape index (κ3) is 4.73. The molecule has 0 spiro atoms. The number of nitrogens with zero attached hydrogens (tertiary/aromatic N) is 1. The Morgan fingerprint density at radius 1 is 1.26 bits per heavy atom. The van der Waals surface area contributed by atoms with Gasteiger partial charge in [0.2, 0.25) is 5.91 Å². The number of rotatable bonds is 6. The van der Waals surface area contributed by atoms with Gasteiger partial charge in [-0.1, -0.05) is 63.7 Å². The van der Waals surface area contributed by atoms with Crippen LogP contribution in [-0.4, -0.2) is 10.5 Å². The van der Waals surface area contributed by atoms with Crippen molar-refractivity contribution < 1.29 is 9.18 Å². The molecule has 1 atom stereocenters. The van der Waals surface area contributed by atoms with Crippen molar-refractivity contribution in [3.05, 3.63) is 90.7 Å². The molecule has 0 fully saturated rings. The summed E-state index contributed by atoms with van der Waals surface area (Å²) in [4.78, 5) is 24.2. The van der Waals surface area contributed by atoms with Crippen LogP contribution in [0.3, 0.4) is 0 Å². The zero-order chi connectivity index (χ0) is 19.4. The second-order valence-electron chi connectivity index (χ2n) is 6.12. The average Bonchev–Trinajstić information content (AvgIpc) is 2.97. The lowest BCUT2D eigenvalue weighted by molar-refractivity contribution is -0.121. The number of amides is 1. The predicted molar refractivity (Wildman–Crippen MR) is 108 cm³/mol. The Labute approximate surface area is 168 Å². The summed E-state index contributed by atoms with van der Waals surface area (Å²) in [6.45, 7) is 2.13. The van der Waals surface area contributed by atoms with E-state index in [1.165, 1.54) is 6.07 Å². The molecule has 4 nitrogen and oxygen atoms in total. The molecule has 0 aliphatic heterocycles. The van der Waals surface area contributed by atoms with Crippen molar-refractivity contribution >= 4 is 33.2 Å². The van der Waals surface area contributed by atoms with Gasteiger partial charge in [-0.15, -0.1) is 0 Å². The number of thiazole rings is 1. The van der Waals surface area contributed by atoms with Gasteiger partial charge in [0.05, 0.1) is 6.04 Å². The molecule has 7 heteroatoms. The Balaban J connectivity index is 1.81. The summed E-state index contributed by atoms with van der Waals surface area (Å²) in [5.74, 6) is -0.646. The molecule has 1 amide bonds. The molecule has 27 heavy (non-hydrogen) atoms. The summed E-state index contributed by atoms with van der Waals surface area (Å²) < 4.78 is 16.7. The zero-order valence-electron chi connectivity index (χ0n) is 14.6. The number of hydrogen-bond donors (Lipinski definition) is 1. The fourth-order valence-corrected chi connectivity index (χ4v) is 3.94. The molecule has 0 saturated heterocycles. The van der Waals surface area contributed by atoms with Crippen LogP contribution in [0.2, 0.25) is 0 Å². The molecule has 0 bridgehead atoms. The van der Waals surface area contributed by atoms with Crippen molar-refractivity contribution in [1.29, 1.82) is 0 Å². The lowest BCUT2D eigenvalue weighted by Crippen LogP contribution is -2.31. The standard InChI is InChI=1S/C20H18BrFN2O2S/c1-13-12-27-20(26)24(13)10-9-18(25)23-19(14-5-3-2-4-6-14)16-8-7-15(21)11-17(16)22/h2-8,11-12,19H,9-10H2,1H3,(H,23,25). The second kappa shape index (κ2) is 8.63. The number of aromatic nitrogens is 1. The molecule has 140 valence electrons. The van der Waals surface area contributed by atoms with Crippen LogP contribution in [0.25, 0.3) is 0 Å². The van der Waals surface area contributed by atoms with Gasteiger partial charge in [-0.05, 0) is 24.6 Å². The van der Waals surface area contributed by atoms with Crippen LogP contribution in [0.15, 0.2) is 63.2 Å². The summed E-state index contributed by atoms with van der Waals surface area (Å²) >= 11 is 4.37. The van der Waals surface area contributed by atoms with Gasteiger partial charge in [0.25, 0.3) is 0 Å². The molecule has 1 heterocycles. The van der Waals surface area contributed by atoms with E-state index in [-0.39, 0.29) is 17.2 Å². The summed E-state index contributed by atoms with van der Waals surface area (Å²) in [5.41, 5.74) is 2.01. The molecule has 1 aromatic heterocycles. The summed E-state index contributed by atoms with van der Waals surface area (Å²) in [6.07, 6.45) is 0.138. The molecule has 0 aliphatic carbocycles. The molecule has 3 rings (SSSR count). The average molecular weight is 449 g/mol. The fraction of sp³-hybridized carbons (Fsp3) is 0.200. The van der Waals surface area contributed by atoms with Gasteiger partial charge in [-0.3, -0.25) is 9.59 Å². The summed E-state index contributed by atoms with van der Waals surface area (Å²) in [6, 6.07) is 13.4. The smallest absolute Gasteiger partial charge is 0.307 e. The highest BCUT2D eigenvalue weighted by Crippen LogP contribution is 2.26. The molecule has 3 aromatic rings. The maximum atomic E-state index is 14.5. The van der Waals surface area contributed by atoms with Crippen molar-refractivity contribution in [3.63, 3.8) is 0 Å². The maximum Gasteiger partial charge on any atom is 0.307 e. The molecule has 2 aromatic carbocycles. The van der Waals surface area contributed by atoms with E-state index < -0.39 is 11.9 Å². The molecular formula is C20H18BrFN2O2S. The van der Waals surface area contributed by atoms with E-state index in [0.29, 0.717) is 16.6 Å². The normalized spacial score (nSPS) is 12.0. The first-order valence-corrected chi connectivity index (χ1v) is 10.1. The zero-order valence-corrected chi connectivity index (χ0v) is 17.0. The van der Waals surface area contributed by atoms with E-state index in [1.807, 2.05) is 37.3 Å². The molecule has 0 radical (unpaired) electrons. The number of hydrogen-bond acceptors (Lipinski definition) is 3. The van der Waals surface area contributed by atoms with Crippen molar-refractivity contribution in [3.8, 4) is 0 Å². The lowest BCUT2D eigenvalue weighted by Gasteiger charge is -2.21. The first-order chi connectivity index (χ1) is 13.0. The van der Waals surface area contributed by atoms with Gasteiger partial charge >= 0.3 is 4.87 Å².